The van der Waals surface area contributed by atoms with Crippen LogP contribution in [-0.2, 0) is 7.05 Å². The second-order valence-corrected chi connectivity index (χ2v) is 6.58. The molecule has 1 fully saturated rings. The van der Waals surface area contributed by atoms with Crippen LogP contribution in [-0.4, -0.2) is 37.0 Å². The Morgan fingerprint density at radius 1 is 1.29 bits per heavy atom. The number of aliphatic hydroxyl groups is 1. The number of aromatic nitrogens is 4. The summed E-state index contributed by atoms with van der Waals surface area (Å²) in [5.41, 5.74) is 0.134. The van der Waals surface area contributed by atoms with E-state index in [-0.39, 0.29) is 0 Å². The van der Waals surface area contributed by atoms with Crippen molar-refractivity contribution in [1.82, 2.24) is 19.7 Å². The van der Waals surface area contributed by atoms with E-state index in [0.717, 1.165) is 47.1 Å². The molecule has 114 valence electrons. The summed E-state index contributed by atoms with van der Waals surface area (Å²) in [6, 6.07) is 0. The molecule has 6 nitrogen and oxygen atoms in total. The lowest BCUT2D eigenvalue weighted by Crippen LogP contribution is -2.36. The molecule has 1 aliphatic carbocycles. The van der Waals surface area contributed by atoms with Crippen LogP contribution in [0.4, 0.5) is 5.82 Å². The normalized spacial score (nSPS) is 18.6. The van der Waals surface area contributed by atoms with E-state index < -0.39 is 5.60 Å². The van der Waals surface area contributed by atoms with Gasteiger partial charge in [-0.2, -0.15) is 5.10 Å². The lowest BCUT2D eigenvalue weighted by molar-refractivity contribution is 0.0381. The predicted molar refractivity (Wildman–Crippen MR) is 85.1 cm³/mol. The van der Waals surface area contributed by atoms with Crippen molar-refractivity contribution in [2.24, 2.45) is 7.05 Å². The third kappa shape index (κ3) is 3.03. The van der Waals surface area contributed by atoms with Crippen LogP contribution in [0.3, 0.4) is 0 Å². The molecule has 2 N–H and O–H groups in total. The Morgan fingerprint density at radius 3 is 2.71 bits per heavy atom. The SMILES string of the molecule is Cn1nc(Br)c2c(NCC3(O)CCCCCC3)ncnc21. The standard InChI is InChI=1S/C14H20BrN5O/c1-20-13-10(11(15)19-20)12(17-9-18-13)16-8-14(21)6-4-2-3-5-7-14/h9,21H,2-8H2,1H3,(H,16,17,18). The molecule has 21 heavy (non-hydrogen) atoms. The first-order valence-corrected chi connectivity index (χ1v) is 8.18. The van der Waals surface area contributed by atoms with Gasteiger partial charge in [0.15, 0.2) is 5.65 Å². The fourth-order valence-corrected chi connectivity index (χ4v) is 3.59. The van der Waals surface area contributed by atoms with Crippen LogP contribution in [0.2, 0.25) is 0 Å². The maximum atomic E-state index is 10.7. The Hall–Kier alpha value is -1.21. The summed E-state index contributed by atoms with van der Waals surface area (Å²) in [7, 11) is 1.85. The van der Waals surface area contributed by atoms with E-state index in [2.05, 4.69) is 36.3 Å². The maximum absolute atomic E-state index is 10.7. The molecule has 0 atom stereocenters. The molecule has 0 aromatic carbocycles. The quantitative estimate of drug-likeness (QED) is 0.829. The minimum absolute atomic E-state index is 0.514. The molecule has 0 bridgehead atoms. The molecule has 1 saturated carbocycles. The molecule has 2 aromatic rings. The molecule has 7 heteroatoms. The molecule has 0 aliphatic heterocycles. The number of halogens is 1. The van der Waals surface area contributed by atoms with E-state index in [1.807, 2.05) is 7.05 Å². The van der Waals surface area contributed by atoms with Crippen molar-refractivity contribution < 1.29 is 5.11 Å². The Balaban J connectivity index is 1.82. The van der Waals surface area contributed by atoms with Crippen molar-refractivity contribution in [2.75, 3.05) is 11.9 Å². The van der Waals surface area contributed by atoms with Crippen molar-refractivity contribution in [3.05, 3.63) is 10.9 Å². The average Bonchev–Trinajstić information content (AvgIpc) is 2.64. The first-order valence-electron chi connectivity index (χ1n) is 7.38. The van der Waals surface area contributed by atoms with E-state index >= 15 is 0 Å². The van der Waals surface area contributed by atoms with E-state index in [1.165, 1.54) is 19.2 Å². The minimum Gasteiger partial charge on any atom is -0.388 e. The molecular formula is C14H20BrN5O. The Bertz CT molecular complexity index is 634. The molecule has 2 aromatic heterocycles. The number of nitrogens with one attached hydrogen (secondary N) is 1. The van der Waals surface area contributed by atoms with Gasteiger partial charge in [-0.05, 0) is 28.8 Å². The lowest BCUT2D eigenvalue weighted by Gasteiger charge is -2.27. The van der Waals surface area contributed by atoms with E-state index in [1.54, 1.807) is 4.68 Å². The van der Waals surface area contributed by atoms with E-state index in [4.69, 9.17) is 0 Å². The molecule has 0 amide bonds. The van der Waals surface area contributed by atoms with Gasteiger partial charge in [0, 0.05) is 13.6 Å². The molecular weight excluding hydrogens is 334 g/mol. The molecule has 0 radical (unpaired) electrons. The zero-order chi connectivity index (χ0) is 14.9. The summed E-state index contributed by atoms with van der Waals surface area (Å²) in [5.74, 6) is 0.720. The van der Waals surface area contributed by atoms with Crippen LogP contribution in [0.1, 0.15) is 38.5 Å². The van der Waals surface area contributed by atoms with Gasteiger partial charge in [0.25, 0.3) is 0 Å². The largest absolute Gasteiger partial charge is 0.388 e. The lowest BCUT2D eigenvalue weighted by atomic mass is 9.94. The van der Waals surface area contributed by atoms with Crippen molar-refractivity contribution >= 4 is 32.8 Å². The molecule has 0 unspecified atom stereocenters. The zero-order valence-electron chi connectivity index (χ0n) is 12.1. The highest BCUT2D eigenvalue weighted by Gasteiger charge is 2.28. The number of nitrogens with zero attached hydrogens (tertiary/aromatic N) is 4. The Morgan fingerprint density at radius 2 is 2.00 bits per heavy atom. The molecule has 0 spiro atoms. The summed E-state index contributed by atoms with van der Waals surface area (Å²) >= 11 is 3.45. The summed E-state index contributed by atoms with van der Waals surface area (Å²) < 4.78 is 2.43. The first-order chi connectivity index (χ1) is 10.1. The van der Waals surface area contributed by atoms with Crippen LogP contribution >= 0.6 is 15.9 Å². The maximum Gasteiger partial charge on any atom is 0.164 e. The van der Waals surface area contributed by atoms with Crippen LogP contribution < -0.4 is 5.32 Å². The van der Waals surface area contributed by atoms with Gasteiger partial charge in [-0.25, -0.2) is 14.6 Å². The van der Waals surface area contributed by atoms with Gasteiger partial charge in [0.05, 0.1) is 11.0 Å². The van der Waals surface area contributed by atoms with Crippen LogP contribution in [0, 0.1) is 0 Å². The molecule has 3 rings (SSSR count). The molecule has 2 heterocycles. The van der Waals surface area contributed by atoms with Crippen LogP contribution in [0.15, 0.2) is 10.9 Å². The second-order valence-electron chi connectivity index (χ2n) is 5.83. The number of rotatable bonds is 3. The number of hydrogen-bond donors (Lipinski definition) is 2. The fourth-order valence-electron chi connectivity index (χ4n) is 2.99. The van der Waals surface area contributed by atoms with Gasteiger partial charge in [-0.15, -0.1) is 0 Å². The summed E-state index contributed by atoms with van der Waals surface area (Å²) in [5, 5.41) is 19.2. The van der Waals surface area contributed by atoms with Crippen LogP contribution in [0.25, 0.3) is 11.0 Å². The van der Waals surface area contributed by atoms with Gasteiger partial charge in [-0.3, -0.25) is 0 Å². The molecule has 1 aliphatic rings. The van der Waals surface area contributed by atoms with Crippen LogP contribution in [0.5, 0.6) is 0 Å². The van der Waals surface area contributed by atoms with Gasteiger partial charge in [0.1, 0.15) is 16.7 Å². The first kappa shape index (κ1) is 14.7. The Labute approximate surface area is 132 Å². The van der Waals surface area contributed by atoms with Crippen molar-refractivity contribution in [3.8, 4) is 0 Å². The summed E-state index contributed by atoms with van der Waals surface area (Å²) in [6.45, 7) is 0.514. The second kappa shape index (κ2) is 5.88. The highest BCUT2D eigenvalue weighted by molar-refractivity contribution is 9.10. The topological polar surface area (TPSA) is 75.9 Å². The van der Waals surface area contributed by atoms with E-state index in [0.29, 0.717) is 6.54 Å². The van der Waals surface area contributed by atoms with Crippen molar-refractivity contribution in [1.29, 1.82) is 0 Å². The number of anilines is 1. The Kier molecular flexibility index (Phi) is 4.12. The van der Waals surface area contributed by atoms with Crippen molar-refractivity contribution in [2.45, 2.75) is 44.1 Å². The average molecular weight is 354 g/mol. The minimum atomic E-state index is -0.636. The number of aryl methyl sites for hydroxylation is 1. The smallest absolute Gasteiger partial charge is 0.164 e. The number of hydrogen-bond acceptors (Lipinski definition) is 5. The monoisotopic (exact) mass is 353 g/mol. The zero-order valence-corrected chi connectivity index (χ0v) is 13.7. The van der Waals surface area contributed by atoms with Gasteiger partial charge in [0.2, 0.25) is 0 Å². The number of fused-ring (bicyclic) bond motifs is 1. The highest BCUT2D eigenvalue weighted by atomic mass is 79.9. The summed E-state index contributed by atoms with van der Waals surface area (Å²) in [4.78, 5) is 8.55. The van der Waals surface area contributed by atoms with Gasteiger partial charge in [-0.1, -0.05) is 25.7 Å². The highest BCUT2D eigenvalue weighted by Crippen LogP contribution is 2.30. The summed E-state index contributed by atoms with van der Waals surface area (Å²) in [6.07, 6.45) is 7.84. The molecule has 0 saturated heterocycles. The fraction of sp³-hybridized carbons (Fsp3) is 0.643. The predicted octanol–water partition coefficient (Wildman–Crippen LogP) is 2.62. The third-order valence-corrected chi connectivity index (χ3v) is 4.75. The van der Waals surface area contributed by atoms with Gasteiger partial charge >= 0.3 is 0 Å². The van der Waals surface area contributed by atoms with Crippen molar-refractivity contribution in [3.63, 3.8) is 0 Å². The van der Waals surface area contributed by atoms with E-state index in [9.17, 15) is 5.11 Å². The third-order valence-electron chi connectivity index (χ3n) is 4.20. The van der Waals surface area contributed by atoms with Gasteiger partial charge < -0.3 is 10.4 Å².